The van der Waals surface area contributed by atoms with Crippen LogP contribution in [-0.4, -0.2) is 45.7 Å². The van der Waals surface area contributed by atoms with Crippen molar-refractivity contribution < 1.29 is 4.79 Å². The summed E-state index contributed by atoms with van der Waals surface area (Å²) in [6.07, 6.45) is 5.86. The minimum Gasteiger partial charge on any atom is -0.385 e. The number of nitrogens with zero attached hydrogens (tertiary/aromatic N) is 3. The molecule has 1 amide bonds. The number of fused-ring (bicyclic) bond motifs is 2. The molecular weight excluding hydrogens is 462 g/mol. The van der Waals surface area contributed by atoms with Crippen LogP contribution in [0.15, 0.2) is 43.0 Å². The van der Waals surface area contributed by atoms with Gasteiger partial charge < -0.3 is 16.4 Å². The highest BCUT2D eigenvalue weighted by Crippen LogP contribution is 2.48. The molecule has 2 aliphatic rings. The van der Waals surface area contributed by atoms with E-state index in [9.17, 15) is 4.79 Å². The quantitative estimate of drug-likeness (QED) is 0.358. The first kappa shape index (κ1) is 25.1. The van der Waals surface area contributed by atoms with Crippen LogP contribution in [0.5, 0.6) is 0 Å². The number of aromatic amines is 1. The molecule has 1 aromatic heterocycles. The van der Waals surface area contributed by atoms with E-state index in [0.29, 0.717) is 30.3 Å². The van der Waals surface area contributed by atoms with Crippen LogP contribution in [0.4, 0.5) is 0 Å². The number of carbonyl (C=O) groups excluding carboxylic acids is 1. The highest BCUT2D eigenvalue weighted by Gasteiger charge is 2.46. The predicted octanol–water partition coefficient (Wildman–Crippen LogP) is 3.48. The molecule has 8 nitrogen and oxygen atoms in total. The predicted molar refractivity (Wildman–Crippen MR) is 145 cm³/mol. The van der Waals surface area contributed by atoms with Crippen LogP contribution in [0.1, 0.15) is 83.5 Å². The molecule has 3 aromatic rings. The molecule has 194 valence electrons. The van der Waals surface area contributed by atoms with Crippen molar-refractivity contribution >= 4 is 11.6 Å². The molecule has 1 saturated carbocycles. The zero-order valence-corrected chi connectivity index (χ0v) is 21.8. The third-order valence-corrected chi connectivity index (χ3v) is 8.18. The molecule has 1 unspecified atom stereocenters. The molecule has 0 radical (unpaired) electrons. The first-order valence-electron chi connectivity index (χ1n) is 13.5. The van der Waals surface area contributed by atoms with Crippen molar-refractivity contribution in [2.45, 2.75) is 63.8 Å². The van der Waals surface area contributed by atoms with Crippen molar-refractivity contribution in [3.05, 3.63) is 82.2 Å². The Hall–Kier alpha value is -3.52. The van der Waals surface area contributed by atoms with Gasteiger partial charge in [0.05, 0.1) is 5.41 Å². The Bertz CT molecular complexity index is 1210. The van der Waals surface area contributed by atoms with Gasteiger partial charge in [-0.05, 0) is 108 Å². The zero-order valence-electron chi connectivity index (χ0n) is 21.8. The number of nitrogens with one attached hydrogen (secondary N) is 3. The Labute approximate surface area is 218 Å². The SMILES string of the molecule is C=C(NCC)c1ccc2c(c1)CCc1cc(C(=O)NCC)ccc1C2(C[C@@H](N)C1CCC1)c1nnn[nH]1. The van der Waals surface area contributed by atoms with Gasteiger partial charge in [0.1, 0.15) is 0 Å². The minimum atomic E-state index is -0.655. The number of benzene rings is 2. The summed E-state index contributed by atoms with van der Waals surface area (Å²) in [5, 5.41) is 21.9. The van der Waals surface area contributed by atoms with Crippen molar-refractivity contribution in [2.24, 2.45) is 11.7 Å². The highest BCUT2D eigenvalue weighted by atomic mass is 16.1. The molecule has 5 N–H and O–H groups in total. The van der Waals surface area contributed by atoms with Gasteiger partial charge in [-0.15, -0.1) is 5.10 Å². The van der Waals surface area contributed by atoms with E-state index in [0.717, 1.165) is 54.6 Å². The zero-order chi connectivity index (χ0) is 26.0. The number of hydrogen-bond donors (Lipinski definition) is 4. The van der Waals surface area contributed by atoms with Crippen LogP contribution in [0.25, 0.3) is 5.70 Å². The lowest BCUT2D eigenvalue weighted by Gasteiger charge is -2.40. The van der Waals surface area contributed by atoms with Gasteiger partial charge in [-0.2, -0.15) is 0 Å². The monoisotopic (exact) mass is 499 g/mol. The first-order valence-corrected chi connectivity index (χ1v) is 13.5. The standard InChI is InChI=1S/C29H37N7O/c1-4-31-18(3)20-11-13-24-21(15-20)9-10-22-16-23(27(37)32-5-2)12-14-25(22)29(24,28-33-35-36-34-28)17-26(30)19-7-6-8-19/h11-16,19,26,31H,3-10,17,30H2,1-2H3,(H,32,37)(H,33,34,35,36)/t26-,29?/m1/s1. The summed E-state index contributed by atoms with van der Waals surface area (Å²) in [5.41, 5.74) is 13.6. The fraction of sp³-hybridized carbons (Fsp3) is 0.448. The van der Waals surface area contributed by atoms with Gasteiger partial charge in [0, 0.05) is 30.4 Å². The summed E-state index contributed by atoms with van der Waals surface area (Å²) in [7, 11) is 0. The van der Waals surface area contributed by atoms with E-state index < -0.39 is 5.41 Å². The topological polar surface area (TPSA) is 122 Å². The summed E-state index contributed by atoms with van der Waals surface area (Å²) in [4.78, 5) is 12.7. The lowest BCUT2D eigenvalue weighted by Crippen LogP contribution is -2.44. The molecule has 0 aliphatic heterocycles. The largest absolute Gasteiger partial charge is 0.385 e. The van der Waals surface area contributed by atoms with Gasteiger partial charge in [-0.1, -0.05) is 31.2 Å². The number of carbonyl (C=O) groups is 1. The van der Waals surface area contributed by atoms with Gasteiger partial charge in [-0.3, -0.25) is 4.79 Å². The molecule has 0 saturated heterocycles. The molecule has 1 fully saturated rings. The number of hydrogen-bond acceptors (Lipinski definition) is 6. The van der Waals surface area contributed by atoms with Gasteiger partial charge in [-0.25, -0.2) is 5.10 Å². The Kier molecular flexibility index (Phi) is 7.11. The van der Waals surface area contributed by atoms with Gasteiger partial charge in [0.15, 0.2) is 5.82 Å². The molecule has 2 atom stereocenters. The molecule has 0 spiro atoms. The summed E-state index contributed by atoms with van der Waals surface area (Å²) in [6, 6.07) is 12.6. The summed E-state index contributed by atoms with van der Waals surface area (Å²) in [5.74, 6) is 1.12. The van der Waals surface area contributed by atoms with Crippen LogP contribution in [0.3, 0.4) is 0 Å². The molecule has 2 aromatic carbocycles. The number of amides is 1. The number of aryl methyl sites for hydroxylation is 2. The Morgan fingerprint density at radius 3 is 2.30 bits per heavy atom. The number of nitrogens with two attached hydrogens (primary N) is 1. The van der Waals surface area contributed by atoms with Gasteiger partial charge in [0.25, 0.3) is 5.91 Å². The number of tetrazole rings is 1. The summed E-state index contributed by atoms with van der Waals surface area (Å²) >= 11 is 0. The average molecular weight is 500 g/mol. The Balaban J connectivity index is 1.72. The average Bonchev–Trinajstić information content (AvgIpc) is 3.36. The highest BCUT2D eigenvalue weighted by molar-refractivity contribution is 5.94. The molecule has 1 heterocycles. The van der Waals surface area contributed by atoms with E-state index in [4.69, 9.17) is 5.73 Å². The van der Waals surface area contributed by atoms with E-state index in [1.165, 1.54) is 17.5 Å². The van der Waals surface area contributed by atoms with Crippen molar-refractivity contribution in [1.29, 1.82) is 0 Å². The lowest BCUT2D eigenvalue weighted by molar-refractivity contribution is 0.0955. The van der Waals surface area contributed by atoms with Crippen LogP contribution in [0.2, 0.25) is 0 Å². The fourth-order valence-electron chi connectivity index (χ4n) is 6.06. The van der Waals surface area contributed by atoms with E-state index in [1.807, 2.05) is 19.1 Å². The maximum atomic E-state index is 12.7. The fourth-order valence-corrected chi connectivity index (χ4v) is 6.06. The molecule has 2 aliphatic carbocycles. The minimum absolute atomic E-state index is 0.00267. The molecule has 0 bridgehead atoms. The molecular formula is C29H37N7O. The van der Waals surface area contributed by atoms with E-state index >= 15 is 0 Å². The number of H-pyrrole nitrogens is 1. The van der Waals surface area contributed by atoms with Gasteiger partial charge >= 0.3 is 0 Å². The summed E-state index contributed by atoms with van der Waals surface area (Å²) in [6.45, 7) is 9.64. The first-order chi connectivity index (χ1) is 18.0. The van der Waals surface area contributed by atoms with E-state index in [1.54, 1.807) is 0 Å². The van der Waals surface area contributed by atoms with Crippen molar-refractivity contribution in [1.82, 2.24) is 31.3 Å². The van der Waals surface area contributed by atoms with E-state index in [-0.39, 0.29) is 11.9 Å². The van der Waals surface area contributed by atoms with Crippen LogP contribution < -0.4 is 16.4 Å². The maximum Gasteiger partial charge on any atom is 0.251 e. The second kappa shape index (κ2) is 10.5. The number of aromatic nitrogens is 4. The van der Waals surface area contributed by atoms with Gasteiger partial charge in [0.2, 0.25) is 0 Å². The lowest BCUT2D eigenvalue weighted by atomic mass is 9.64. The Morgan fingerprint density at radius 2 is 1.73 bits per heavy atom. The van der Waals surface area contributed by atoms with Crippen molar-refractivity contribution in [2.75, 3.05) is 13.1 Å². The van der Waals surface area contributed by atoms with E-state index in [2.05, 4.69) is 69.0 Å². The third kappa shape index (κ3) is 4.55. The molecule has 5 rings (SSSR count). The second-order valence-corrected chi connectivity index (χ2v) is 10.3. The van der Waals surface area contributed by atoms with Crippen LogP contribution in [-0.2, 0) is 18.3 Å². The number of rotatable bonds is 9. The van der Waals surface area contributed by atoms with Crippen LogP contribution >= 0.6 is 0 Å². The molecule has 37 heavy (non-hydrogen) atoms. The van der Waals surface area contributed by atoms with Crippen LogP contribution in [0, 0.1) is 5.92 Å². The smallest absolute Gasteiger partial charge is 0.251 e. The second-order valence-electron chi connectivity index (χ2n) is 10.3. The third-order valence-electron chi connectivity index (χ3n) is 8.18. The molecule has 8 heteroatoms. The maximum absolute atomic E-state index is 12.7. The summed E-state index contributed by atoms with van der Waals surface area (Å²) < 4.78 is 0. The Morgan fingerprint density at radius 1 is 1.08 bits per heavy atom. The normalized spacial score (nSPS) is 19.6. The van der Waals surface area contributed by atoms with Crippen molar-refractivity contribution in [3.8, 4) is 0 Å². The van der Waals surface area contributed by atoms with Crippen molar-refractivity contribution in [3.63, 3.8) is 0 Å².